The lowest BCUT2D eigenvalue weighted by molar-refractivity contribution is 0.0997. The van der Waals surface area contributed by atoms with Gasteiger partial charge in [-0.1, -0.05) is 11.6 Å². The van der Waals surface area contributed by atoms with Crippen LogP contribution in [0.1, 0.15) is 10.4 Å². The Morgan fingerprint density at radius 1 is 1.62 bits per heavy atom. The van der Waals surface area contributed by atoms with Crippen molar-refractivity contribution in [2.24, 2.45) is 5.73 Å². The third-order valence-corrected chi connectivity index (χ3v) is 3.03. The summed E-state index contributed by atoms with van der Waals surface area (Å²) in [5.41, 5.74) is 5.49. The number of carbonyl (C=O) groups excluding carboxylic acids is 1. The van der Waals surface area contributed by atoms with E-state index in [9.17, 15) is 4.79 Å². The van der Waals surface area contributed by atoms with E-state index in [0.29, 0.717) is 16.3 Å². The molecule has 70 valence electrons. The molecule has 0 saturated heterocycles. The van der Waals surface area contributed by atoms with Crippen molar-refractivity contribution in [3.8, 4) is 5.75 Å². The van der Waals surface area contributed by atoms with Gasteiger partial charge in [-0.15, -0.1) is 0 Å². The Labute approximate surface area is 94.3 Å². The first kappa shape index (κ1) is 10.6. The van der Waals surface area contributed by atoms with Gasteiger partial charge in [0, 0.05) is 9.64 Å². The lowest BCUT2D eigenvalue weighted by atomic mass is 10.2. The minimum Gasteiger partial charge on any atom is -0.496 e. The van der Waals surface area contributed by atoms with E-state index in [0.717, 1.165) is 3.57 Å². The topological polar surface area (TPSA) is 52.3 Å². The second-order valence-corrected chi connectivity index (χ2v) is 3.90. The number of nitrogens with two attached hydrogens (primary N) is 1. The summed E-state index contributed by atoms with van der Waals surface area (Å²) in [7, 11) is 1.46. The molecule has 1 rings (SSSR count). The Balaban J connectivity index is 3.33. The molecular weight excluding hydrogens is 304 g/mol. The summed E-state index contributed by atoms with van der Waals surface area (Å²) in [6.45, 7) is 0. The van der Waals surface area contributed by atoms with E-state index < -0.39 is 5.91 Å². The molecule has 13 heavy (non-hydrogen) atoms. The lowest BCUT2D eigenvalue weighted by Crippen LogP contribution is -2.12. The van der Waals surface area contributed by atoms with Gasteiger partial charge >= 0.3 is 0 Å². The van der Waals surface area contributed by atoms with Crippen LogP contribution in [0.3, 0.4) is 0 Å². The first-order valence-corrected chi connectivity index (χ1v) is 4.84. The van der Waals surface area contributed by atoms with E-state index >= 15 is 0 Å². The number of halogens is 2. The zero-order valence-corrected chi connectivity index (χ0v) is 9.72. The Hall–Kier alpha value is -0.490. The van der Waals surface area contributed by atoms with E-state index in [4.69, 9.17) is 22.1 Å². The van der Waals surface area contributed by atoms with Crippen LogP contribution < -0.4 is 10.5 Å². The number of ether oxygens (including phenoxy) is 1. The molecule has 0 fully saturated rings. The molecule has 0 heterocycles. The summed E-state index contributed by atoms with van der Waals surface area (Å²) in [5.74, 6) is -0.121. The van der Waals surface area contributed by atoms with Crippen molar-refractivity contribution in [2.45, 2.75) is 0 Å². The van der Waals surface area contributed by atoms with E-state index in [-0.39, 0.29) is 0 Å². The molecule has 1 amide bonds. The molecule has 0 aliphatic carbocycles. The van der Waals surface area contributed by atoms with Crippen LogP contribution in [-0.2, 0) is 0 Å². The normalized spacial score (nSPS) is 9.77. The Kier molecular flexibility index (Phi) is 3.38. The highest BCUT2D eigenvalue weighted by Gasteiger charge is 2.11. The molecule has 0 aliphatic rings. The summed E-state index contributed by atoms with van der Waals surface area (Å²) >= 11 is 7.85. The zero-order chi connectivity index (χ0) is 10.0. The highest BCUT2D eigenvalue weighted by atomic mass is 127. The molecule has 0 bridgehead atoms. The Bertz CT molecular complexity index is 354. The average Bonchev–Trinajstić information content (AvgIpc) is 2.08. The Morgan fingerprint density at radius 3 is 2.69 bits per heavy atom. The molecule has 5 heteroatoms. The maximum atomic E-state index is 10.9. The molecule has 0 aliphatic heterocycles. The SMILES string of the molecule is COc1cc(Cl)c(I)cc1C(N)=O. The molecule has 0 unspecified atom stereocenters. The first-order valence-electron chi connectivity index (χ1n) is 3.39. The largest absolute Gasteiger partial charge is 0.496 e. The fourth-order valence-corrected chi connectivity index (χ4v) is 1.51. The molecule has 0 atom stereocenters. The van der Waals surface area contributed by atoms with Crippen molar-refractivity contribution in [3.05, 3.63) is 26.3 Å². The van der Waals surface area contributed by atoms with Gasteiger partial charge in [0.2, 0.25) is 0 Å². The van der Waals surface area contributed by atoms with Crippen molar-refractivity contribution >= 4 is 40.1 Å². The van der Waals surface area contributed by atoms with Gasteiger partial charge in [0.25, 0.3) is 5.91 Å². The molecule has 0 saturated carbocycles. The van der Waals surface area contributed by atoms with Crippen molar-refractivity contribution < 1.29 is 9.53 Å². The molecule has 0 spiro atoms. The van der Waals surface area contributed by atoms with Gasteiger partial charge in [-0.05, 0) is 28.7 Å². The number of benzene rings is 1. The molecule has 0 radical (unpaired) electrons. The average molecular weight is 312 g/mol. The number of rotatable bonds is 2. The van der Waals surface area contributed by atoms with Crippen LogP contribution >= 0.6 is 34.2 Å². The molecular formula is C8H7ClINO2. The minimum atomic E-state index is -0.522. The maximum Gasteiger partial charge on any atom is 0.252 e. The summed E-state index contributed by atoms with van der Waals surface area (Å²) < 4.78 is 5.73. The fraction of sp³-hybridized carbons (Fsp3) is 0.125. The molecule has 1 aromatic rings. The number of carbonyl (C=O) groups is 1. The zero-order valence-electron chi connectivity index (χ0n) is 6.80. The standard InChI is InChI=1S/C8H7ClINO2/c1-13-7-3-5(9)6(10)2-4(7)8(11)12/h2-3H,1H3,(H2,11,12). The maximum absolute atomic E-state index is 10.9. The highest BCUT2D eigenvalue weighted by Crippen LogP contribution is 2.27. The van der Waals surface area contributed by atoms with Crippen LogP contribution in [0.5, 0.6) is 5.75 Å². The predicted molar refractivity (Wildman–Crippen MR) is 59.2 cm³/mol. The van der Waals surface area contributed by atoms with E-state index in [1.807, 2.05) is 22.6 Å². The van der Waals surface area contributed by atoms with Gasteiger partial charge in [0.1, 0.15) is 5.75 Å². The molecule has 3 nitrogen and oxygen atoms in total. The smallest absolute Gasteiger partial charge is 0.252 e. The Morgan fingerprint density at radius 2 is 2.23 bits per heavy atom. The second kappa shape index (κ2) is 4.15. The first-order chi connectivity index (χ1) is 6.06. The van der Waals surface area contributed by atoms with Gasteiger partial charge in [-0.3, -0.25) is 4.79 Å². The van der Waals surface area contributed by atoms with E-state index in [1.54, 1.807) is 12.1 Å². The summed E-state index contributed by atoms with van der Waals surface area (Å²) in [6, 6.07) is 3.17. The number of primary amides is 1. The summed E-state index contributed by atoms with van der Waals surface area (Å²) in [5, 5.41) is 0.544. The van der Waals surface area contributed by atoms with Crippen LogP contribution in [0.15, 0.2) is 12.1 Å². The van der Waals surface area contributed by atoms with Gasteiger partial charge < -0.3 is 10.5 Å². The lowest BCUT2D eigenvalue weighted by Gasteiger charge is -2.06. The fourth-order valence-electron chi connectivity index (χ4n) is 0.890. The number of methoxy groups -OCH3 is 1. The van der Waals surface area contributed by atoms with Gasteiger partial charge in [0.15, 0.2) is 0 Å². The van der Waals surface area contributed by atoms with Crippen LogP contribution in [0.2, 0.25) is 5.02 Å². The quantitative estimate of drug-likeness (QED) is 0.850. The predicted octanol–water partition coefficient (Wildman–Crippen LogP) is 2.05. The van der Waals surface area contributed by atoms with E-state index in [2.05, 4.69) is 0 Å². The second-order valence-electron chi connectivity index (χ2n) is 2.33. The highest BCUT2D eigenvalue weighted by molar-refractivity contribution is 14.1. The number of hydrogen-bond donors (Lipinski definition) is 1. The third-order valence-electron chi connectivity index (χ3n) is 1.51. The molecule has 0 aromatic heterocycles. The van der Waals surface area contributed by atoms with E-state index in [1.165, 1.54) is 7.11 Å². The molecule has 2 N–H and O–H groups in total. The number of hydrogen-bond acceptors (Lipinski definition) is 2. The third kappa shape index (κ3) is 2.25. The summed E-state index contributed by atoms with van der Waals surface area (Å²) in [6.07, 6.45) is 0. The van der Waals surface area contributed by atoms with Gasteiger partial charge in [-0.25, -0.2) is 0 Å². The van der Waals surface area contributed by atoms with Crippen molar-refractivity contribution in [2.75, 3.05) is 7.11 Å². The minimum absolute atomic E-state index is 0.344. The summed E-state index contributed by atoms with van der Waals surface area (Å²) in [4.78, 5) is 10.9. The van der Waals surface area contributed by atoms with Gasteiger partial charge in [-0.2, -0.15) is 0 Å². The molecule has 1 aromatic carbocycles. The monoisotopic (exact) mass is 311 g/mol. The van der Waals surface area contributed by atoms with Crippen LogP contribution in [0, 0.1) is 3.57 Å². The van der Waals surface area contributed by atoms with Crippen molar-refractivity contribution in [3.63, 3.8) is 0 Å². The van der Waals surface area contributed by atoms with Crippen LogP contribution in [0.4, 0.5) is 0 Å². The van der Waals surface area contributed by atoms with Gasteiger partial charge in [0.05, 0.1) is 17.7 Å². The van der Waals surface area contributed by atoms with Crippen LogP contribution in [0.25, 0.3) is 0 Å². The van der Waals surface area contributed by atoms with Crippen molar-refractivity contribution in [1.82, 2.24) is 0 Å². The van der Waals surface area contributed by atoms with Crippen LogP contribution in [-0.4, -0.2) is 13.0 Å². The van der Waals surface area contributed by atoms with Crippen molar-refractivity contribution in [1.29, 1.82) is 0 Å². The number of amides is 1.